The van der Waals surface area contributed by atoms with Crippen molar-refractivity contribution in [1.82, 2.24) is 19.9 Å². The molecule has 2 aromatic heterocycles. The van der Waals surface area contributed by atoms with Crippen LogP contribution in [0, 0.1) is 5.82 Å². The van der Waals surface area contributed by atoms with E-state index in [1.54, 1.807) is 31.5 Å². The minimum Gasteiger partial charge on any atom is -0.482 e. The van der Waals surface area contributed by atoms with Gasteiger partial charge >= 0.3 is 0 Å². The maximum absolute atomic E-state index is 14.1. The SMILES string of the molecule is CC1Oc2cc(cnc2N)/C(NCC(F)F)=C(/CN)Cn2ccnc2-c2ccc(F)cc21. The summed E-state index contributed by atoms with van der Waals surface area (Å²) in [5.41, 5.74) is 14.9. The van der Waals surface area contributed by atoms with Crippen LogP contribution in [0.4, 0.5) is 19.0 Å². The molecule has 1 aliphatic heterocycles. The number of hydrogen-bond acceptors (Lipinski definition) is 6. The molecule has 1 atom stereocenters. The van der Waals surface area contributed by atoms with Gasteiger partial charge in [-0.2, -0.15) is 0 Å². The Morgan fingerprint density at radius 1 is 1.28 bits per heavy atom. The van der Waals surface area contributed by atoms with E-state index in [0.29, 0.717) is 33.8 Å². The zero-order chi connectivity index (χ0) is 22.8. The molecule has 0 spiro atoms. The van der Waals surface area contributed by atoms with E-state index in [2.05, 4.69) is 15.3 Å². The lowest BCUT2D eigenvalue weighted by Gasteiger charge is -2.23. The first-order chi connectivity index (χ1) is 15.4. The summed E-state index contributed by atoms with van der Waals surface area (Å²) in [6.45, 7) is 1.58. The van der Waals surface area contributed by atoms with Gasteiger partial charge in [-0.1, -0.05) is 0 Å². The predicted octanol–water partition coefficient (Wildman–Crippen LogP) is 3.34. The maximum atomic E-state index is 14.1. The quantitative estimate of drug-likeness (QED) is 0.570. The molecule has 3 heterocycles. The van der Waals surface area contributed by atoms with Crippen LogP contribution in [0.2, 0.25) is 0 Å². The third-order valence-corrected chi connectivity index (χ3v) is 5.28. The fourth-order valence-corrected chi connectivity index (χ4v) is 3.76. The number of imidazole rings is 1. The molecule has 1 aromatic carbocycles. The first kappa shape index (κ1) is 21.7. The van der Waals surface area contributed by atoms with E-state index in [1.165, 1.54) is 18.3 Å². The van der Waals surface area contributed by atoms with Gasteiger partial charge < -0.3 is 26.1 Å². The van der Waals surface area contributed by atoms with Gasteiger partial charge in [0.1, 0.15) is 17.7 Å². The van der Waals surface area contributed by atoms with Crippen molar-refractivity contribution < 1.29 is 17.9 Å². The molecule has 10 heteroatoms. The Labute approximate surface area is 182 Å². The number of nitrogen functional groups attached to an aromatic ring is 1. The second kappa shape index (κ2) is 8.91. The molecule has 3 aromatic rings. The van der Waals surface area contributed by atoms with Crippen LogP contribution in [-0.4, -0.2) is 34.1 Å². The molecule has 0 amide bonds. The third-order valence-electron chi connectivity index (χ3n) is 5.28. The highest BCUT2D eigenvalue weighted by atomic mass is 19.3. The Balaban J connectivity index is 1.95. The van der Waals surface area contributed by atoms with Crippen molar-refractivity contribution in [2.24, 2.45) is 5.73 Å². The number of pyridine rings is 1. The van der Waals surface area contributed by atoms with Gasteiger partial charge in [0.05, 0.1) is 6.54 Å². The van der Waals surface area contributed by atoms with Gasteiger partial charge in [-0.15, -0.1) is 0 Å². The normalized spacial score (nSPS) is 18.2. The molecular weight excluding hydrogens is 421 g/mol. The summed E-state index contributed by atoms with van der Waals surface area (Å²) in [7, 11) is 0. The van der Waals surface area contributed by atoms with Crippen LogP contribution in [0.15, 0.2) is 48.4 Å². The summed E-state index contributed by atoms with van der Waals surface area (Å²) in [6, 6.07) is 6.00. The minimum absolute atomic E-state index is 0.0937. The fourth-order valence-electron chi connectivity index (χ4n) is 3.76. The molecule has 0 saturated carbocycles. The zero-order valence-electron chi connectivity index (χ0n) is 17.4. The van der Waals surface area contributed by atoms with Crippen molar-refractivity contribution in [1.29, 1.82) is 0 Å². The third kappa shape index (κ3) is 4.26. The number of aromatic nitrogens is 3. The van der Waals surface area contributed by atoms with Gasteiger partial charge in [0.15, 0.2) is 11.6 Å². The minimum atomic E-state index is -2.56. The summed E-state index contributed by atoms with van der Waals surface area (Å²) < 4.78 is 48.1. The monoisotopic (exact) mass is 444 g/mol. The molecule has 7 nitrogen and oxygen atoms in total. The lowest BCUT2D eigenvalue weighted by Crippen LogP contribution is -2.25. The van der Waals surface area contributed by atoms with Gasteiger partial charge in [0, 0.05) is 54.1 Å². The summed E-state index contributed by atoms with van der Waals surface area (Å²) >= 11 is 0. The Hall–Kier alpha value is -3.53. The molecule has 1 unspecified atom stereocenters. The number of nitrogens with zero attached hydrogens (tertiary/aromatic N) is 3. The fraction of sp³-hybridized carbons (Fsp3) is 0.273. The molecule has 2 bridgehead atoms. The highest BCUT2D eigenvalue weighted by Crippen LogP contribution is 2.35. The van der Waals surface area contributed by atoms with E-state index in [1.807, 2.05) is 4.57 Å². The number of halogens is 3. The number of hydrogen-bond donors (Lipinski definition) is 3. The number of ether oxygens (including phenoxy) is 1. The number of fused-ring (bicyclic) bond motifs is 5. The van der Waals surface area contributed by atoms with Crippen LogP contribution >= 0.6 is 0 Å². The molecule has 0 saturated heterocycles. The molecule has 4 rings (SSSR count). The van der Waals surface area contributed by atoms with Crippen LogP contribution in [0.5, 0.6) is 5.75 Å². The Morgan fingerprint density at radius 3 is 2.84 bits per heavy atom. The molecule has 168 valence electrons. The Bertz CT molecular complexity index is 1160. The van der Waals surface area contributed by atoms with Crippen molar-refractivity contribution in [3.05, 3.63) is 65.4 Å². The highest BCUT2D eigenvalue weighted by molar-refractivity contribution is 5.70. The first-order valence-corrected chi connectivity index (χ1v) is 10.0. The van der Waals surface area contributed by atoms with Crippen molar-refractivity contribution in [2.45, 2.75) is 26.0 Å². The first-order valence-electron chi connectivity index (χ1n) is 10.0. The van der Waals surface area contributed by atoms with Crippen molar-refractivity contribution in [3.63, 3.8) is 0 Å². The van der Waals surface area contributed by atoms with Crippen molar-refractivity contribution in [3.8, 4) is 17.1 Å². The highest BCUT2D eigenvalue weighted by Gasteiger charge is 2.22. The summed E-state index contributed by atoms with van der Waals surface area (Å²) in [4.78, 5) is 8.62. The van der Waals surface area contributed by atoms with E-state index >= 15 is 0 Å². The van der Waals surface area contributed by atoms with Crippen LogP contribution in [0.25, 0.3) is 17.1 Å². The second-order valence-electron chi connectivity index (χ2n) is 7.43. The summed E-state index contributed by atoms with van der Waals surface area (Å²) in [5.74, 6) is 0.539. The molecule has 0 aliphatic carbocycles. The van der Waals surface area contributed by atoms with E-state index < -0.39 is 24.9 Å². The van der Waals surface area contributed by atoms with Crippen molar-refractivity contribution >= 4 is 11.5 Å². The average Bonchev–Trinajstić information content (AvgIpc) is 3.22. The van der Waals surface area contributed by atoms with Crippen molar-refractivity contribution in [2.75, 3.05) is 18.8 Å². The topological polar surface area (TPSA) is 104 Å². The predicted molar refractivity (Wildman–Crippen MR) is 115 cm³/mol. The van der Waals surface area contributed by atoms with Gasteiger partial charge in [-0.3, -0.25) is 0 Å². The van der Waals surface area contributed by atoms with E-state index in [0.717, 1.165) is 0 Å². The van der Waals surface area contributed by atoms with Gasteiger partial charge in [-0.25, -0.2) is 23.1 Å². The molecule has 1 aliphatic rings. The van der Waals surface area contributed by atoms with Crippen LogP contribution in [0.3, 0.4) is 0 Å². The second-order valence-corrected chi connectivity index (χ2v) is 7.43. The maximum Gasteiger partial charge on any atom is 0.255 e. The van der Waals surface area contributed by atoms with Gasteiger partial charge in [-0.05, 0) is 36.8 Å². The summed E-state index contributed by atoms with van der Waals surface area (Å²) in [6.07, 6.45) is 1.69. The lowest BCUT2D eigenvalue weighted by atomic mass is 10.0. The number of benzene rings is 1. The van der Waals surface area contributed by atoms with Crippen LogP contribution < -0.4 is 21.5 Å². The molecule has 32 heavy (non-hydrogen) atoms. The van der Waals surface area contributed by atoms with Crippen LogP contribution in [0.1, 0.15) is 24.2 Å². The summed E-state index contributed by atoms with van der Waals surface area (Å²) in [5, 5.41) is 2.79. The van der Waals surface area contributed by atoms with Gasteiger partial charge in [0.2, 0.25) is 0 Å². The largest absolute Gasteiger partial charge is 0.482 e. The zero-order valence-corrected chi connectivity index (χ0v) is 17.4. The smallest absolute Gasteiger partial charge is 0.255 e. The molecule has 0 fully saturated rings. The molecule has 5 N–H and O–H groups in total. The Kier molecular flexibility index (Phi) is 6.04. The lowest BCUT2D eigenvalue weighted by molar-refractivity contribution is 0.151. The van der Waals surface area contributed by atoms with E-state index in [4.69, 9.17) is 16.2 Å². The average molecular weight is 444 g/mol. The number of nitrogens with two attached hydrogens (primary N) is 2. The number of anilines is 1. The molecule has 0 radical (unpaired) electrons. The standard InChI is InChI=1S/C22H23F3N6O/c1-12-17-7-15(23)2-3-16(17)22-28-4-5-31(22)11-14(8-26)20(29-10-19(24)25)13-6-18(32-12)21(27)30-9-13/h2-7,9,12,19,29H,8,10-11,26H2,1H3,(H2,27,30)/b20-14+. The number of nitrogens with one attached hydrogen (secondary N) is 1. The van der Waals surface area contributed by atoms with E-state index in [9.17, 15) is 13.2 Å². The van der Waals surface area contributed by atoms with Gasteiger partial charge in [0.25, 0.3) is 6.43 Å². The number of alkyl halides is 2. The van der Waals surface area contributed by atoms with E-state index in [-0.39, 0.29) is 24.7 Å². The number of rotatable bonds is 4. The molecular formula is C22H23F3N6O. The van der Waals surface area contributed by atoms with Crippen LogP contribution in [-0.2, 0) is 6.54 Å². The Morgan fingerprint density at radius 2 is 2.09 bits per heavy atom.